The van der Waals surface area contributed by atoms with E-state index in [1.165, 1.54) is 18.3 Å². The van der Waals surface area contributed by atoms with Gasteiger partial charge in [0.05, 0.1) is 17.8 Å². The van der Waals surface area contributed by atoms with E-state index < -0.39 is 0 Å². The quantitative estimate of drug-likeness (QED) is 0.772. The number of anilines is 1. The van der Waals surface area contributed by atoms with E-state index >= 15 is 0 Å². The summed E-state index contributed by atoms with van der Waals surface area (Å²) in [5, 5.41) is 3.45. The van der Waals surface area contributed by atoms with Crippen LogP contribution in [0, 0.1) is 0 Å². The summed E-state index contributed by atoms with van der Waals surface area (Å²) < 4.78 is 4.74. The van der Waals surface area contributed by atoms with Crippen LogP contribution < -0.4 is 5.32 Å². The van der Waals surface area contributed by atoms with Crippen LogP contribution in [-0.4, -0.2) is 24.0 Å². The minimum Gasteiger partial charge on any atom is -0.467 e. The monoisotopic (exact) mass is 242 g/mol. The Labute approximate surface area is 97.8 Å². The Morgan fingerprint density at radius 2 is 2.50 bits per heavy atom. The SMILES string of the molecule is CCC(COC=O)c1ncsc1NC(C)=O. The van der Waals surface area contributed by atoms with Gasteiger partial charge in [-0.1, -0.05) is 6.92 Å². The van der Waals surface area contributed by atoms with Crippen molar-refractivity contribution in [3.05, 3.63) is 11.2 Å². The first-order chi connectivity index (χ1) is 7.69. The first kappa shape index (κ1) is 12.6. The fraction of sp³-hybridized carbons (Fsp3) is 0.500. The summed E-state index contributed by atoms with van der Waals surface area (Å²) in [7, 11) is 0. The van der Waals surface area contributed by atoms with Gasteiger partial charge in [0.2, 0.25) is 5.91 Å². The van der Waals surface area contributed by atoms with Gasteiger partial charge in [-0.3, -0.25) is 9.59 Å². The first-order valence-corrected chi connectivity index (χ1v) is 5.83. The van der Waals surface area contributed by atoms with Gasteiger partial charge >= 0.3 is 0 Å². The van der Waals surface area contributed by atoms with E-state index in [-0.39, 0.29) is 18.4 Å². The summed E-state index contributed by atoms with van der Waals surface area (Å²) >= 11 is 1.37. The molecule has 1 N–H and O–H groups in total. The lowest BCUT2D eigenvalue weighted by molar-refractivity contribution is -0.129. The van der Waals surface area contributed by atoms with Gasteiger partial charge in [-0.15, -0.1) is 11.3 Å². The van der Waals surface area contributed by atoms with E-state index in [9.17, 15) is 9.59 Å². The molecule has 1 rings (SSSR count). The van der Waals surface area contributed by atoms with Crippen molar-refractivity contribution in [1.82, 2.24) is 4.98 Å². The number of hydrogen-bond acceptors (Lipinski definition) is 5. The number of hydrogen-bond donors (Lipinski definition) is 1. The molecule has 0 saturated carbocycles. The largest absolute Gasteiger partial charge is 0.467 e. The van der Waals surface area contributed by atoms with E-state index in [4.69, 9.17) is 4.74 Å². The van der Waals surface area contributed by atoms with Gasteiger partial charge in [-0.05, 0) is 6.42 Å². The van der Waals surface area contributed by atoms with Gasteiger partial charge < -0.3 is 10.1 Å². The molecule has 1 atom stereocenters. The van der Waals surface area contributed by atoms with Gasteiger partial charge in [-0.25, -0.2) is 4.98 Å². The molecule has 1 unspecified atom stereocenters. The molecule has 0 bridgehead atoms. The number of nitrogens with zero attached hydrogens (tertiary/aromatic N) is 1. The number of rotatable bonds is 6. The molecule has 0 aliphatic rings. The molecule has 0 spiro atoms. The zero-order valence-corrected chi connectivity index (χ0v) is 10.0. The van der Waals surface area contributed by atoms with Crippen molar-refractivity contribution < 1.29 is 14.3 Å². The third kappa shape index (κ3) is 3.30. The predicted molar refractivity (Wildman–Crippen MR) is 61.5 cm³/mol. The molecule has 0 fully saturated rings. The molecular weight excluding hydrogens is 228 g/mol. The average Bonchev–Trinajstić information content (AvgIpc) is 2.67. The molecule has 6 heteroatoms. The minimum absolute atomic E-state index is 0.0262. The molecule has 0 radical (unpaired) electrons. The van der Waals surface area contributed by atoms with Crippen molar-refractivity contribution in [3.8, 4) is 0 Å². The maximum absolute atomic E-state index is 11.0. The van der Waals surface area contributed by atoms with Crippen LogP contribution in [0.2, 0.25) is 0 Å². The third-order valence-electron chi connectivity index (χ3n) is 2.13. The number of nitrogens with one attached hydrogen (secondary N) is 1. The lowest BCUT2D eigenvalue weighted by Crippen LogP contribution is -2.12. The summed E-state index contributed by atoms with van der Waals surface area (Å²) in [6.45, 7) is 4.14. The number of ether oxygens (including phenoxy) is 1. The lowest BCUT2D eigenvalue weighted by atomic mass is 10.0. The molecule has 5 nitrogen and oxygen atoms in total. The van der Waals surface area contributed by atoms with Crippen molar-refractivity contribution in [2.75, 3.05) is 11.9 Å². The number of thiazole rings is 1. The normalized spacial score (nSPS) is 11.9. The van der Waals surface area contributed by atoms with Gasteiger partial charge in [0.1, 0.15) is 5.00 Å². The van der Waals surface area contributed by atoms with E-state index in [0.29, 0.717) is 6.47 Å². The Morgan fingerprint density at radius 3 is 3.06 bits per heavy atom. The zero-order chi connectivity index (χ0) is 12.0. The standard InChI is InChI=1S/C10H14N2O3S/c1-3-8(4-15-6-13)9-10(12-7(2)14)16-5-11-9/h5-6,8H,3-4H2,1-2H3,(H,12,14). The van der Waals surface area contributed by atoms with Crippen LogP contribution in [0.25, 0.3) is 0 Å². The molecule has 1 heterocycles. The van der Waals surface area contributed by atoms with Crippen LogP contribution in [-0.2, 0) is 14.3 Å². The molecule has 88 valence electrons. The molecule has 1 aromatic rings. The van der Waals surface area contributed by atoms with Crippen molar-refractivity contribution in [3.63, 3.8) is 0 Å². The van der Waals surface area contributed by atoms with Gasteiger partial charge in [0.25, 0.3) is 6.47 Å². The molecule has 0 saturated heterocycles. The van der Waals surface area contributed by atoms with E-state index in [2.05, 4.69) is 10.3 Å². The number of carbonyl (C=O) groups excluding carboxylic acids is 2. The summed E-state index contributed by atoms with van der Waals surface area (Å²) in [6, 6.07) is 0. The average molecular weight is 242 g/mol. The molecule has 0 aliphatic heterocycles. The zero-order valence-electron chi connectivity index (χ0n) is 9.23. The molecule has 16 heavy (non-hydrogen) atoms. The smallest absolute Gasteiger partial charge is 0.293 e. The Kier molecular flexibility index (Phi) is 4.91. The molecule has 0 aromatic carbocycles. The molecule has 1 aromatic heterocycles. The van der Waals surface area contributed by atoms with Crippen molar-refractivity contribution in [1.29, 1.82) is 0 Å². The highest BCUT2D eigenvalue weighted by Gasteiger charge is 2.18. The van der Waals surface area contributed by atoms with E-state index in [1.807, 2.05) is 6.92 Å². The third-order valence-corrected chi connectivity index (χ3v) is 2.89. The lowest BCUT2D eigenvalue weighted by Gasteiger charge is -2.12. The molecular formula is C10H14N2O3S. The summed E-state index contributed by atoms with van der Waals surface area (Å²) in [5.74, 6) is -0.102. The first-order valence-electron chi connectivity index (χ1n) is 4.95. The Bertz CT molecular complexity index is 365. The fourth-order valence-corrected chi connectivity index (χ4v) is 2.16. The number of aromatic nitrogens is 1. The highest BCUT2D eigenvalue weighted by Crippen LogP contribution is 2.29. The van der Waals surface area contributed by atoms with Crippen LogP contribution >= 0.6 is 11.3 Å². The second-order valence-corrected chi connectivity index (χ2v) is 4.14. The van der Waals surface area contributed by atoms with Crippen molar-refractivity contribution in [2.45, 2.75) is 26.2 Å². The maximum atomic E-state index is 11.0. The minimum atomic E-state index is -0.128. The van der Waals surface area contributed by atoms with E-state index in [0.717, 1.165) is 17.1 Å². The topological polar surface area (TPSA) is 68.3 Å². The van der Waals surface area contributed by atoms with Gasteiger partial charge in [0, 0.05) is 12.8 Å². The Hall–Kier alpha value is -1.43. The maximum Gasteiger partial charge on any atom is 0.293 e. The van der Waals surface area contributed by atoms with Crippen LogP contribution in [0.15, 0.2) is 5.51 Å². The van der Waals surface area contributed by atoms with E-state index in [1.54, 1.807) is 5.51 Å². The Morgan fingerprint density at radius 1 is 1.75 bits per heavy atom. The number of carbonyl (C=O) groups is 2. The highest BCUT2D eigenvalue weighted by atomic mass is 32.1. The summed E-state index contributed by atoms with van der Waals surface area (Å²) in [5.41, 5.74) is 2.45. The summed E-state index contributed by atoms with van der Waals surface area (Å²) in [4.78, 5) is 25.3. The highest BCUT2D eigenvalue weighted by molar-refractivity contribution is 7.14. The van der Waals surface area contributed by atoms with Crippen LogP contribution in [0.3, 0.4) is 0 Å². The van der Waals surface area contributed by atoms with Crippen LogP contribution in [0.1, 0.15) is 31.9 Å². The second-order valence-electron chi connectivity index (χ2n) is 3.28. The van der Waals surface area contributed by atoms with Crippen LogP contribution in [0.5, 0.6) is 0 Å². The van der Waals surface area contributed by atoms with Crippen molar-refractivity contribution >= 4 is 28.7 Å². The summed E-state index contributed by atoms with van der Waals surface area (Å²) in [6.07, 6.45) is 0.796. The predicted octanol–water partition coefficient (Wildman–Crippen LogP) is 1.77. The van der Waals surface area contributed by atoms with Crippen LogP contribution in [0.4, 0.5) is 5.00 Å². The second kappa shape index (κ2) is 6.22. The fourth-order valence-electron chi connectivity index (χ4n) is 1.34. The van der Waals surface area contributed by atoms with Crippen molar-refractivity contribution in [2.24, 2.45) is 0 Å². The van der Waals surface area contributed by atoms with Gasteiger partial charge in [-0.2, -0.15) is 0 Å². The number of amides is 1. The van der Waals surface area contributed by atoms with Gasteiger partial charge in [0.15, 0.2) is 0 Å². The Balaban J connectivity index is 2.78. The molecule has 0 aliphatic carbocycles. The molecule has 1 amide bonds.